The first-order valence-electron chi connectivity index (χ1n) is 7.19. The highest BCUT2D eigenvalue weighted by Crippen LogP contribution is 2.38. The zero-order chi connectivity index (χ0) is 18.6. The Morgan fingerprint density at radius 1 is 1.00 bits per heavy atom. The van der Waals surface area contributed by atoms with Crippen molar-refractivity contribution in [3.63, 3.8) is 0 Å². The number of halogens is 6. The second-order valence-corrected chi connectivity index (χ2v) is 5.67. The second kappa shape index (κ2) is 5.50. The number of nitrogens with two attached hydrogens (primary N) is 1. The lowest BCUT2D eigenvalue weighted by Gasteiger charge is -2.15. The summed E-state index contributed by atoms with van der Waals surface area (Å²) in [5.74, 6) is -0.875. The van der Waals surface area contributed by atoms with E-state index in [9.17, 15) is 31.1 Å². The Bertz CT molecular complexity index is 818. The molecule has 1 aromatic heterocycles. The summed E-state index contributed by atoms with van der Waals surface area (Å²) in [6.07, 6.45) is -8.48. The number of alkyl halides is 6. The molecule has 0 unspecified atom stereocenters. The van der Waals surface area contributed by atoms with Crippen molar-refractivity contribution in [3.05, 3.63) is 46.3 Å². The lowest BCUT2D eigenvalue weighted by molar-refractivity contribution is -0.143. The van der Waals surface area contributed by atoms with Crippen molar-refractivity contribution in [2.45, 2.75) is 31.6 Å². The molecule has 1 aliphatic rings. The van der Waals surface area contributed by atoms with E-state index in [1.807, 2.05) is 0 Å². The highest BCUT2D eigenvalue weighted by Gasteiger charge is 2.37. The molecule has 0 bridgehead atoms. The van der Waals surface area contributed by atoms with Crippen LogP contribution >= 0.6 is 0 Å². The summed E-state index contributed by atoms with van der Waals surface area (Å²) in [4.78, 5) is 11.4. The Balaban J connectivity index is 2.24. The van der Waals surface area contributed by atoms with E-state index in [0.29, 0.717) is 42.7 Å². The zero-order valence-electron chi connectivity index (χ0n) is 12.5. The Labute approximate surface area is 137 Å². The topological polar surface area (TPSA) is 60.9 Å². The maximum atomic E-state index is 13.0. The molecule has 1 aliphatic carbocycles. The molecule has 0 radical (unpaired) electrons. The Morgan fingerprint density at radius 2 is 1.56 bits per heavy atom. The van der Waals surface area contributed by atoms with E-state index in [0.717, 1.165) is 4.68 Å². The number of carbonyl (C=O) groups excluding carboxylic acids is 1. The van der Waals surface area contributed by atoms with Crippen molar-refractivity contribution in [3.8, 4) is 5.69 Å². The lowest BCUT2D eigenvalue weighted by atomic mass is 10.1. The minimum atomic E-state index is -4.96. The number of amides is 1. The molecule has 0 saturated carbocycles. The molecule has 0 spiro atoms. The van der Waals surface area contributed by atoms with Crippen molar-refractivity contribution in [1.29, 1.82) is 0 Å². The van der Waals surface area contributed by atoms with Gasteiger partial charge in [-0.15, -0.1) is 0 Å². The van der Waals surface area contributed by atoms with E-state index < -0.39 is 35.1 Å². The summed E-state index contributed by atoms with van der Waals surface area (Å²) < 4.78 is 78.9. The van der Waals surface area contributed by atoms with Crippen LogP contribution in [0.5, 0.6) is 0 Å². The predicted molar refractivity (Wildman–Crippen MR) is 74.1 cm³/mol. The molecule has 10 heteroatoms. The van der Waals surface area contributed by atoms with Gasteiger partial charge in [0, 0.05) is 11.3 Å². The molecule has 1 aromatic carbocycles. The molecule has 0 aliphatic heterocycles. The van der Waals surface area contributed by atoms with Crippen molar-refractivity contribution in [2.75, 3.05) is 0 Å². The molecule has 4 nitrogen and oxygen atoms in total. The first-order chi connectivity index (χ1) is 11.5. The maximum absolute atomic E-state index is 13.0. The Morgan fingerprint density at radius 3 is 2.04 bits per heavy atom. The minimum Gasteiger partial charge on any atom is -0.364 e. The molecule has 3 rings (SSSR count). The van der Waals surface area contributed by atoms with Crippen LogP contribution in [0.25, 0.3) is 5.69 Å². The Kier molecular flexibility index (Phi) is 3.81. The van der Waals surface area contributed by atoms with Crippen LogP contribution in [0.3, 0.4) is 0 Å². The summed E-state index contributed by atoms with van der Waals surface area (Å²) in [7, 11) is 0. The van der Waals surface area contributed by atoms with Gasteiger partial charge in [0.05, 0.1) is 16.8 Å². The quantitative estimate of drug-likeness (QED) is 0.831. The van der Waals surface area contributed by atoms with Crippen LogP contribution < -0.4 is 5.73 Å². The second-order valence-electron chi connectivity index (χ2n) is 5.67. The van der Waals surface area contributed by atoms with E-state index in [-0.39, 0.29) is 11.8 Å². The number of fused-ring (bicyclic) bond motifs is 1. The van der Waals surface area contributed by atoms with Gasteiger partial charge in [-0.05, 0) is 37.5 Å². The molecule has 2 N–H and O–H groups in total. The molecule has 1 amide bonds. The van der Waals surface area contributed by atoms with E-state index in [1.165, 1.54) is 0 Å². The fraction of sp³-hybridized carbons (Fsp3) is 0.333. The standard InChI is InChI=1S/C15H11F6N3O/c16-14(17,18)7-4-8(15(19,20)21)6-9(5-7)24-11-3-1-2-10(11)12(23-24)13(22)25/h4-6H,1-3H2,(H2,22,25). The molecule has 25 heavy (non-hydrogen) atoms. The largest absolute Gasteiger partial charge is 0.416 e. The van der Waals surface area contributed by atoms with Crippen molar-refractivity contribution in [1.82, 2.24) is 9.78 Å². The van der Waals surface area contributed by atoms with Crippen LogP contribution in [0.2, 0.25) is 0 Å². The zero-order valence-corrected chi connectivity index (χ0v) is 12.5. The number of benzene rings is 1. The van der Waals surface area contributed by atoms with Gasteiger partial charge >= 0.3 is 12.4 Å². The number of aromatic nitrogens is 2. The molecule has 0 saturated heterocycles. The molecular weight excluding hydrogens is 352 g/mol. The SMILES string of the molecule is NC(=O)c1nn(-c2cc(C(F)(F)F)cc(C(F)(F)F)c2)c2c1CCC2. The van der Waals surface area contributed by atoms with Gasteiger partial charge in [-0.2, -0.15) is 31.4 Å². The van der Waals surface area contributed by atoms with E-state index in [4.69, 9.17) is 5.73 Å². The lowest BCUT2D eigenvalue weighted by Crippen LogP contribution is -2.15. The summed E-state index contributed by atoms with van der Waals surface area (Å²) >= 11 is 0. The monoisotopic (exact) mass is 363 g/mol. The third-order valence-corrected chi connectivity index (χ3v) is 3.98. The maximum Gasteiger partial charge on any atom is 0.416 e. The highest BCUT2D eigenvalue weighted by atomic mass is 19.4. The summed E-state index contributed by atoms with van der Waals surface area (Å²) in [5.41, 5.74) is 2.65. The smallest absolute Gasteiger partial charge is 0.364 e. The Hall–Kier alpha value is -2.52. The molecule has 2 aromatic rings. The van der Waals surface area contributed by atoms with Crippen molar-refractivity contribution >= 4 is 5.91 Å². The third-order valence-electron chi connectivity index (χ3n) is 3.98. The molecule has 0 fully saturated rings. The average molecular weight is 363 g/mol. The van der Waals surface area contributed by atoms with Gasteiger partial charge in [0.2, 0.25) is 0 Å². The minimum absolute atomic E-state index is 0.0439. The van der Waals surface area contributed by atoms with Crippen LogP contribution in [-0.4, -0.2) is 15.7 Å². The van der Waals surface area contributed by atoms with Crippen LogP contribution in [0.4, 0.5) is 26.3 Å². The number of hydrogen-bond donors (Lipinski definition) is 1. The van der Waals surface area contributed by atoms with Gasteiger partial charge in [0.25, 0.3) is 5.91 Å². The van der Waals surface area contributed by atoms with Gasteiger partial charge in [0.1, 0.15) is 0 Å². The number of rotatable bonds is 2. The van der Waals surface area contributed by atoms with Gasteiger partial charge in [-0.25, -0.2) is 4.68 Å². The number of nitrogens with zero attached hydrogens (tertiary/aromatic N) is 2. The van der Waals surface area contributed by atoms with E-state index >= 15 is 0 Å². The average Bonchev–Trinajstić information content (AvgIpc) is 3.06. The fourth-order valence-electron chi connectivity index (χ4n) is 2.91. The van der Waals surface area contributed by atoms with E-state index in [1.54, 1.807) is 0 Å². The van der Waals surface area contributed by atoms with Gasteiger partial charge in [-0.1, -0.05) is 0 Å². The van der Waals surface area contributed by atoms with Crippen LogP contribution in [0.15, 0.2) is 18.2 Å². The fourth-order valence-corrected chi connectivity index (χ4v) is 2.91. The summed E-state index contributed by atoms with van der Waals surface area (Å²) in [6, 6.07) is 1.19. The summed E-state index contributed by atoms with van der Waals surface area (Å²) in [5, 5.41) is 3.86. The molecule has 134 valence electrons. The normalized spacial score (nSPS) is 14.6. The van der Waals surface area contributed by atoms with Gasteiger partial charge in [-0.3, -0.25) is 4.79 Å². The summed E-state index contributed by atoms with van der Waals surface area (Å²) in [6.45, 7) is 0. The first kappa shape index (κ1) is 17.3. The van der Waals surface area contributed by atoms with Crippen LogP contribution in [0, 0.1) is 0 Å². The van der Waals surface area contributed by atoms with Gasteiger partial charge < -0.3 is 5.73 Å². The highest BCUT2D eigenvalue weighted by molar-refractivity contribution is 5.92. The van der Waals surface area contributed by atoms with Crippen LogP contribution in [0.1, 0.15) is 39.3 Å². The third kappa shape index (κ3) is 3.08. The van der Waals surface area contributed by atoms with Crippen molar-refractivity contribution < 1.29 is 31.1 Å². The van der Waals surface area contributed by atoms with Crippen molar-refractivity contribution in [2.24, 2.45) is 5.73 Å². The first-order valence-corrected chi connectivity index (χ1v) is 7.19. The molecule has 0 atom stereocenters. The number of primary amides is 1. The van der Waals surface area contributed by atoms with E-state index in [2.05, 4.69) is 5.10 Å². The van der Waals surface area contributed by atoms with Gasteiger partial charge in [0.15, 0.2) is 5.69 Å². The number of carbonyl (C=O) groups is 1. The molecular formula is C15H11F6N3O. The number of hydrogen-bond acceptors (Lipinski definition) is 2. The van der Waals surface area contributed by atoms with Crippen LogP contribution in [-0.2, 0) is 25.2 Å². The molecule has 1 heterocycles. The predicted octanol–water partition coefficient (Wildman–Crippen LogP) is 3.50.